The molecule has 0 unspecified atom stereocenters. The largest absolute Gasteiger partial charge is 0.416 e. The lowest BCUT2D eigenvalue weighted by Crippen LogP contribution is -2.12. The molecule has 5 heteroatoms. The van der Waals surface area contributed by atoms with Gasteiger partial charge in [-0.1, -0.05) is 12.1 Å². The first kappa shape index (κ1) is 11.4. The van der Waals surface area contributed by atoms with E-state index < -0.39 is 23.3 Å². The summed E-state index contributed by atoms with van der Waals surface area (Å²) in [6, 6.07) is 3.79. The monoisotopic (exact) mass is 216 g/mol. The van der Waals surface area contributed by atoms with Crippen LogP contribution in [0.4, 0.5) is 13.2 Å². The second-order valence-corrected chi connectivity index (χ2v) is 2.96. The van der Waals surface area contributed by atoms with Gasteiger partial charge in [-0.05, 0) is 12.1 Å². The molecule has 0 atom stereocenters. The smallest absolute Gasteiger partial charge is 0.291 e. The Labute approximate surface area is 83.7 Å². The summed E-state index contributed by atoms with van der Waals surface area (Å²) in [4.78, 5) is 21.8. The van der Waals surface area contributed by atoms with Gasteiger partial charge in [-0.15, -0.1) is 0 Å². The SMILES string of the molecule is CC(=O)C(=O)c1cccc(C(F)(F)F)c1. The Morgan fingerprint density at radius 1 is 1.20 bits per heavy atom. The number of benzene rings is 1. The van der Waals surface area contributed by atoms with Crippen LogP contribution in [0.1, 0.15) is 22.8 Å². The number of carbonyl (C=O) groups excluding carboxylic acids is 2. The minimum absolute atomic E-state index is 0.239. The van der Waals surface area contributed by atoms with E-state index in [1.165, 1.54) is 6.07 Å². The van der Waals surface area contributed by atoms with Crippen molar-refractivity contribution >= 4 is 11.6 Å². The molecule has 0 radical (unpaired) electrons. The Balaban J connectivity index is 3.14. The summed E-state index contributed by atoms with van der Waals surface area (Å²) in [5.41, 5.74) is -1.17. The molecule has 80 valence electrons. The molecule has 0 fully saturated rings. The van der Waals surface area contributed by atoms with Crippen LogP contribution in [0.5, 0.6) is 0 Å². The number of Topliss-reactive ketones (excluding diaryl/α,β-unsaturated/α-hetero) is 2. The van der Waals surface area contributed by atoms with Crippen LogP contribution in [0.3, 0.4) is 0 Å². The van der Waals surface area contributed by atoms with Crippen molar-refractivity contribution in [3.63, 3.8) is 0 Å². The summed E-state index contributed by atoms with van der Waals surface area (Å²) in [7, 11) is 0. The quantitative estimate of drug-likeness (QED) is 0.562. The highest BCUT2D eigenvalue weighted by Crippen LogP contribution is 2.29. The van der Waals surface area contributed by atoms with Crippen LogP contribution < -0.4 is 0 Å². The highest BCUT2D eigenvalue weighted by atomic mass is 19.4. The van der Waals surface area contributed by atoms with Crippen LogP contribution in [0.15, 0.2) is 24.3 Å². The van der Waals surface area contributed by atoms with E-state index >= 15 is 0 Å². The van der Waals surface area contributed by atoms with Crippen molar-refractivity contribution in [3.8, 4) is 0 Å². The number of hydrogen-bond donors (Lipinski definition) is 0. The van der Waals surface area contributed by atoms with Crippen molar-refractivity contribution in [1.82, 2.24) is 0 Å². The number of hydrogen-bond acceptors (Lipinski definition) is 2. The fourth-order valence-electron chi connectivity index (χ4n) is 1.04. The fourth-order valence-corrected chi connectivity index (χ4v) is 1.04. The maximum atomic E-state index is 12.2. The lowest BCUT2D eigenvalue weighted by Gasteiger charge is -2.07. The van der Waals surface area contributed by atoms with Gasteiger partial charge in [-0.25, -0.2) is 0 Å². The van der Waals surface area contributed by atoms with Crippen molar-refractivity contribution in [2.24, 2.45) is 0 Å². The molecule has 1 aromatic rings. The van der Waals surface area contributed by atoms with Crippen molar-refractivity contribution in [2.75, 3.05) is 0 Å². The van der Waals surface area contributed by atoms with Crippen molar-refractivity contribution < 1.29 is 22.8 Å². The topological polar surface area (TPSA) is 34.1 Å². The average Bonchev–Trinajstić information content (AvgIpc) is 2.15. The maximum Gasteiger partial charge on any atom is 0.416 e. The normalized spacial score (nSPS) is 11.2. The van der Waals surface area contributed by atoms with Gasteiger partial charge >= 0.3 is 6.18 Å². The summed E-state index contributed by atoms with van der Waals surface area (Å²) in [5.74, 6) is -1.70. The molecular formula is C10H7F3O2. The van der Waals surface area contributed by atoms with E-state index in [1.54, 1.807) is 0 Å². The van der Waals surface area contributed by atoms with Crippen LogP contribution in [-0.2, 0) is 11.0 Å². The predicted octanol–water partition coefficient (Wildman–Crippen LogP) is 2.48. The Kier molecular flexibility index (Phi) is 2.93. The molecule has 0 saturated carbocycles. The van der Waals surface area contributed by atoms with E-state index in [4.69, 9.17) is 0 Å². The third-order valence-electron chi connectivity index (χ3n) is 1.77. The lowest BCUT2D eigenvalue weighted by atomic mass is 10.1. The number of alkyl halides is 3. The molecule has 15 heavy (non-hydrogen) atoms. The van der Waals surface area contributed by atoms with E-state index in [9.17, 15) is 22.8 Å². The zero-order valence-corrected chi connectivity index (χ0v) is 7.76. The highest BCUT2D eigenvalue weighted by molar-refractivity contribution is 6.42. The predicted molar refractivity (Wildman–Crippen MR) is 46.5 cm³/mol. The molecular weight excluding hydrogens is 209 g/mol. The Morgan fingerprint density at radius 3 is 2.27 bits per heavy atom. The van der Waals surface area contributed by atoms with Gasteiger partial charge in [0.1, 0.15) is 0 Å². The van der Waals surface area contributed by atoms with E-state index in [0.29, 0.717) is 6.07 Å². The molecule has 0 bridgehead atoms. The van der Waals surface area contributed by atoms with Crippen LogP contribution in [0.2, 0.25) is 0 Å². The summed E-state index contributed by atoms with van der Waals surface area (Å²) in [6.45, 7) is 1.02. The minimum Gasteiger partial charge on any atom is -0.291 e. The summed E-state index contributed by atoms with van der Waals surface area (Å²) in [6.07, 6.45) is -4.51. The molecule has 0 spiro atoms. The first-order chi connectivity index (χ1) is 6.82. The molecule has 2 nitrogen and oxygen atoms in total. The van der Waals surface area contributed by atoms with Gasteiger partial charge in [-0.2, -0.15) is 13.2 Å². The Hall–Kier alpha value is -1.65. The van der Waals surface area contributed by atoms with Crippen molar-refractivity contribution in [3.05, 3.63) is 35.4 Å². The van der Waals surface area contributed by atoms with E-state index in [2.05, 4.69) is 0 Å². The molecule has 1 aromatic carbocycles. The van der Waals surface area contributed by atoms with Crippen molar-refractivity contribution in [1.29, 1.82) is 0 Å². The van der Waals surface area contributed by atoms with E-state index in [1.807, 2.05) is 0 Å². The minimum atomic E-state index is -4.51. The first-order valence-corrected chi connectivity index (χ1v) is 4.05. The van der Waals surface area contributed by atoms with Crippen LogP contribution in [-0.4, -0.2) is 11.6 Å². The molecule has 0 N–H and O–H groups in total. The molecule has 0 saturated heterocycles. The van der Waals surface area contributed by atoms with E-state index in [-0.39, 0.29) is 5.56 Å². The van der Waals surface area contributed by atoms with Gasteiger partial charge < -0.3 is 0 Å². The van der Waals surface area contributed by atoms with Gasteiger partial charge in [0, 0.05) is 12.5 Å². The maximum absolute atomic E-state index is 12.2. The van der Waals surface area contributed by atoms with Crippen LogP contribution in [0.25, 0.3) is 0 Å². The number of rotatable bonds is 2. The van der Waals surface area contributed by atoms with Crippen LogP contribution in [0, 0.1) is 0 Å². The Bertz CT molecular complexity index is 407. The molecule has 0 amide bonds. The Morgan fingerprint density at radius 2 is 1.80 bits per heavy atom. The molecule has 1 rings (SSSR count). The summed E-state index contributed by atoms with van der Waals surface area (Å²) >= 11 is 0. The zero-order chi connectivity index (χ0) is 11.6. The third-order valence-corrected chi connectivity index (χ3v) is 1.77. The molecule has 0 aliphatic heterocycles. The van der Waals surface area contributed by atoms with Gasteiger partial charge in [0.05, 0.1) is 5.56 Å². The van der Waals surface area contributed by atoms with Gasteiger partial charge in [0.25, 0.3) is 0 Å². The number of halogens is 3. The number of carbonyl (C=O) groups is 2. The van der Waals surface area contributed by atoms with E-state index in [0.717, 1.165) is 19.1 Å². The van der Waals surface area contributed by atoms with Crippen LogP contribution >= 0.6 is 0 Å². The molecule has 0 aliphatic carbocycles. The summed E-state index contributed by atoms with van der Waals surface area (Å²) in [5, 5.41) is 0. The van der Waals surface area contributed by atoms with Gasteiger partial charge in [0.2, 0.25) is 5.78 Å². The lowest BCUT2D eigenvalue weighted by molar-refractivity contribution is -0.137. The fraction of sp³-hybridized carbons (Fsp3) is 0.200. The molecule has 0 heterocycles. The summed E-state index contributed by atoms with van der Waals surface area (Å²) < 4.78 is 36.7. The third kappa shape index (κ3) is 2.65. The zero-order valence-electron chi connectivity index (χ0n) is 7.76. The second kappa shape index (κ2) is 3.84. The molecule has 0 aliphatic rings. The second-order valence-electron chi connectivity index (χ2n) is 2.96. The standard InChI is InChI=1S/C10H7F3O2/c1-6(14)9(15)7-3-2-4-8(5-7)10(11,12)13/h2-5H,1H3. The molecule has 0 aromatic heterocycles. The van der Waals surface area contributed by atoms with Gasteiger partial charge in [-0.3, -0.25) is 9.59 Å². The highest BCUT2D eigenvalue weighted by Gasteiger charge is 2.31. The van der Waals surface area contributed by atoms with Gasteiger partial charge in [0.15, 0.2) is 5.78 Å². The number of ketones is 2. The first-order valence-electron chi connectivity index (χ1n) is 4.05. The van der Waals surface area contributed by atoms with Crippen molar-refractivity contribution in [2.45, 2.75) is 13.1 Å². The average molecular weight is 216 g/mol.